The summed E-state index contributed by atoms with van der Waals surface area (Å²) in [6.45, 7) is 0. The Morgan fingerprint density at radius 2 is 2.38 bits per heavy atom. The highest BCUT2D eigenvalue weighted by molar-refractivity contribution is 7.99. The smallest absolute Gasteiger partial charge is 0.313 e. The van der Waals surface area contributed by atoms with Gasteiger partial charge in [-0.05, 0) is 11.4 Å². The summed E-state index contributed by atoms with van der Waals surface area (Å²) in [6, 6.07) is 2.04. The van der Waals surface area contributed by atoms with Gasteiger partial charge in [-0.2, -0.15) is 11.3 Å². The molecule has 2 aromatic rings. The Hall–Kier alpha value is -0.850. The van der Waals surface area contributed by atoms with E-state index in [1.807, 2.05) is 16.8 Å². The van der Waals surface area contributed by atoms with Crippen molar-refractivity contribution in [2.45, 2.75) is 5.75 Å². The lowest BCUT2D eigenvalue weighted by molar-refractivity contribution is -0.133. The maximum absolute atomic E-state index is 10.3. The van der Waals surface area contributed by atoms with Gasteiger partial charge in [-0.25, -0.2) is 4.98 Å². The quantitative estimate of drug-likeness (QED) is 0.907. The molecular formula is C10H9NO2S3. The van der Waals surface area contributed by atoms with Crippen LogP contribution in [0, 0.1) is 0 Å². The van der Waals surface area contributed by atoms with Crippen LogP contribution in [-0.4, -0.2) is 21.8 Å². The SMILES string of the molecule is O=C(O)CSCc1csc(-c2ccsc2)n1. The molecule has 0 saturated heterocycles. The van der Waals surface area contributed by atoms with Crippen molar-refractivity contribution < 1.29 is 9.90 Å². The van der Waals surface area contributed by atoms with Crippen LogP contribution in [0.25, 0.3) is 10.6 Å². The Morgan fingerprint density at radius 3 is 3.06 bits per heavy atom. The fraction of sp³-hybridized carbons (Fsp3) is 0.200. The predicted octanol–water partition coefficient (Wildman–Crippen LogP) is 3.19. The maximum atomic E-state index is 10.3. The number of carboxylic acids is 1. The Kier molecular flexibility index (Phi) is 3.98. The van der Waals surface area contributed by atoms with Crippen LogP contribution in [0.2, 0.25) is 0 Å². The van der Waals surface area contributed by atoms with Crippen LogP contribution in [0.4, 0.5) is 0 Å². The van der Waals surface area contributed by atoms with Gasteiger partial charge >= 0.3 is 5.97 Å². The summed E-state index contributed by atoms with van der Waals surface area (Å²) in [7, 11) is 0. The van der Waals surface area contributed by atoms with E-state index in [0.29, 0.717) is 5.75 Å². The average Bonchev–Trinajstić information content (AvgIpc) is 2.85. The van der Waals surface area contributed by atoms with Crippen LogP contribution in [0.3, 0.4) is 0 Å². The molecule has 0 fully saturated rings. The zero-order valence-corrected chi connectivity index (χ0v) is 10.7. The summed E-state index contributed by atoms with van der Waals surface area (Å²) in [5.41, 5.74) is 2.10. The number of thiazole rings is 1. The lowest BCUT2D eigenvalue weighted by atomic mass is 10.4. The van der Waals surface area contributed by atoms with Crippen LogP contribution in [0.5, 0.6) is 0 Å². The second kappa shape index (κ2) is 5.47. The third kappa shape index (κ3) is 3.07. The predicted molar refractivity (Wildman–Crippen MR) is 69.2 cm³/mol. The van der Waals surface area contributed by atoms with Crippen molar-refractivity contribution in [3.8, 4) is 10.6 Å². The third-order valence-electron chi connectivity index (χ3n) is 1.80. The minimum atomic E-state index is -0.779. The van der Waals surface area contributed by atoms with Crippen molar-refractivity contribution in [2.75, 3.05) is 5.75 Å². The number of hydrogen-bond acceptors (Lipinski definition) is 5. The third-order valence-corrected chi connectivity index (χ3v) is 4.37. The van der Waals surface area contributed by atoms with E-state index in [4.69, 9.17) is 5.11 Å². The highest BCUT2D eigenvalue weighted by Crippen LogP contribution is 2.26. The van der Waals surface area contributed by atoms with Crippen molar-refractivity contribution in [3.05, 3.63) is 27.9 Å². The molecule has 0 aromatic carbocycles. The fourth-order valence-corrected chi connectivity index (χ4v) is 3.41. The molecule has 0 aliphatic heterocycles. The minimum Gasteiger partial charge on any atom is -0.481 e. The van der Waals surface area contributed by atoms with E-state index >= 15 is 0 Å². The molecule has 2 aromatic heterocycles. The number of rotatable bonds is 5. The molecule has 0 radical (unpaired) electrons. The van der Waals surface area contributed by atoms with Gasteiger partial charge in [0.25, 0.3) is 0 Å². The molecule has 2 rings (SSSR count). The van der Waals surface area contributed by atoms with E-state index in [0.717, 1.165) is 16.3 Å². The highest BCUT2D eigenvalue weighted by atomic mass is 32.2. The first-order valence-corrected chi connectivity index (χ1v) is 7.50. The van der Waals surface area contributed by atoms with Crippen molar-refractivity contribution in [1.29, 1.82) is 0 Å². The number of carbonyl (C=O) groups is 1. The molecule has 3 nitrogen and oxygen atoms in total. The van der Waals surface area contributed by atoms with Crippen molar-refractivity contribution >= 4 is 40.4 Å². The van der Waals surface area contributed by atoms with E-state index in [1.54, 1.807) is 22.7 Å². The number of aliphatic carboxylic acids is 1. The van der Waals surface area contributed by atoms with Crippen molar-refractivity contribution in [3.63, 3.8) is 0 Å². The van der Waals surface area contributed by atoms with Crippen molar-refractivity contribution in [2.24, 2.45) is 0 Å². The Morgan fingerprint density at radius 1 is 1.50 bits per heavy atom. The van der Waals surface area contributed by atoms with Crippen LogP contribution >= 0.6 is 34.4 Å². The van der Waals surface area contributed by atoms with E-state index < -0.39 is 5.97 Å². The molecule has 0 bridgehead atoms. The summed E-state index contributed by atoms with van der Waals surface area (Å²) in [5, 5.41) is 15.6. The first-order chi connectivity index (χ1) is 7.75. The largest absolute Gasteiger partial charge is 0.481 e. The van der Waals surface area contributed by atoms with Crippen LogP contribution in [0.1, 0.15) is 5.69 Å². The Balaban J connectivity index is 1.95. The molecule has 0 aliphatic carbocycles. The molecule has 1 N–H and O–H groups in total. The van der Waals surface area contributed by atoms with E-state index in [2.05, 4.69) is 10.4 Å². The van der Waals surface area contributed by atoms with Crippen molar-refractivity contribution in [1.82, 2.24) is 4.98 Å². The van der Waals surface area contributed by atoms with Gasteiger partial charge in [-0.3, -0.25) is 4.79 Å². The molecule has 16 heavy (non-hydrogen) atoms. The minimum absolute atomic E-state index is 0.130. The molecule has 0 atom stereocenters. The summed E-state index contributed by atoms with van der Waals surface area (Å²) < 4.78 is 0. The van der Waals surface area contributed by atoms with Gasteiger partial charge in [0.2, 0.25) is 0 Å². The zero-order valence-electron chi connectivity index (χ0n) is 8.25. The number of nitrogens with zero attached hydrogens (tertiary/aromatic N) is 1. The summed E-state index contributed by atoms with van der Waals surface area (Å²) in [4.78, 5) is 14.8. The van der Waals surface area contributed by atoms with Gasteiger partial charge in [0.15, 0.2) is 0 Å². The van der Waals surface area contributed by atoms with Gasteiger partial charge in [0, 0.05) is 22.1 Å². The second-order valence-corrected chi connectivity index (χ2v) is 5.67. The molecule has 84 valence electrons. The van der Waals surface area contributed by atoms with E-state index in [-0.39, 0.29) is 5.75 Å². The highest BCUT2D eigenvalue weighted by Gasteiger charge is 2.05. The topological polar surface area (TPSA) is 50.2 Å². The van der Waals surface area contributed by atoms with Crippen LogP contribution in [-0.2, 0) is 10.5 Å². The van der Waals surface area contributed by atoms with Gasteiger partial charge in [-0.1, -0.05) is 0 Å². The summed E-state index contributed by atoms with van der Waals surface area (Å²) in [5.74, 6) is 0.0106. The number of aromatic nitrogens is 1. The van der Waals surface area contributed by atoms with E-state index in [1.165, 1.54) is 11.8 Å². The normalized spacial score (nSPS) is 10.5. The molecular weight excluding hydrogens is 262 g/mol. The van der Waals surface area contributed by atoms with Crippen LogP contribution in [0.15, 0.2) is 22.2 Å². The molecule has 0 unspecified atom stereocenters. The fourth-order valence-electron chi connectivity index (χ4n) is 1.13. The monoisotopic (exact) mass is 271 g/mol. The lowest BCUT2D eigenvalue weighted by Crippen LogP contribution is -1.98. The standard InChI is InChI=1S/C10H9NO2S3/c12-9(13)6-15-4-8-5-16-10(11-8)7-1-2-14-3-7/h1-3,5H,4,6H2,(H,12,13). The molecule has 0 aliphatic rings. The average molecular weight is 271 g/mol. The van der Waals surface area contributed by atoms with Crippen LogP contribution < -0.4 is 0 Å². The summed E-state index contributed by atoms with van der Waals surface area (Å²) in [6.07, 6.45) is 0. The van der Waals surface area contributed by atoms with Gasteiger partial charge < -0.3 is 5.11 Å². The first kappa shape index (κ1) is 11.6. The maximum Gasteiger partial charge on any atom is 0.313 e. The number of thiophene rings is 1. The molecule has 0 spiro atoms. The van der Waals surface area contributed by atoms with Gasteiger partial charge in [0.1, 0.15) is 5.01 Å². The molecule has 6 heteroatoms. The van der Waals surface area contributed by atoms with Gasteiger partial charge in [0.05, 0.1) is 11.4 Å². The van der Waals surface area contributed by atoms with Gasteiger partial charge in [-0.15, -0.1) is 23.1 Å². The zero-order chi connectivity index (χ0) is 11.4. The number of thioether (sulfide) groups is 1. The lowest BCUT2D eigenvalue weighted by Gasteiger charge is -1.93. The number of carboxylic acid groups (broad SMARTS) is 1. The van der Waals surface area contributed by atoms with E-state index in [9.17, 15) is 4.79 Å². The molecule has 2 heterocycles. The molecule has 0 saturated carbocycles. The first-order valence-electron chi connectivity index (χ1n) is 4.52. The second-order valence-electron chi connectivity index (χ2n) is 3.04. The Labute approximate surface area is 105 Å². The summed E-state index contributed by atoms with van der Waals surface area (Å²) >= 11 is 4.62. The Bertz CT molecular complexity index is 464. The molecule has 0 amide bonds. The number of hydrogen-bond donors (Lipinski definition) is 1.